The molecule has 4 nitrogen and oxygen atoms in total. The van der Waals surface area contributed by atoms with Crippen LogP contribution in [0.5, 0.6) is 0 Å². The second-order valence-corrected chi connectivity index (χ2v) is 8.52. The molecule has 1 heterocycles. The molecular weight excluding hydrogens is 332 g/mol. The Kier molecular flexibility index (Phi) is 5.44. The molecular formula is C14H17F2NO3S2. The minimum Gasteiger partial charge on any atom is -0.324 e. The van der Waals surface area contributed by atoms with Crippen molar-refractivity contribution in [1.82, 2.24) is 4.90 Å². The van der Waals surface area contributed by atoms with Crippen LogP contribution >= 0.6 is 11.8 Å². The molecule has 1 fully saturated rings. The van der Waals surface area contributed by atoms with Gasteiger partial charge in [0.05, 0.1) is 6.42 Å². The Hall–Kier alpha value is -1.15. The van der Waals surface area contributed by atoms with Crippen LogP contribution in [0.2, 0.25) is 0 Å². The van der Waals surface area contributed by atoms with Gasteiger partial charge >= 0.3 is 0 Å². The maximum atomic E-state index is 12.7. The van der Waals surface area contributed by atoms with Crippen molar-refractivity contribution in [3.63, 3.8) is 0 Å². The molecule has 1 aromatic rings. The normalized spacial score (nSPS) is 19.5. The second kappa shape index (κ2) is 6.95. The first-order valence-electron chi connectivity index (χ1n) is 6.72. The monoisotopic (exact) mass is 349 g/mol. The van der Waals surface area contributed by atoms with Gasteiger partial charge in [0, 0.05) is 29.9 Å². The summed E-state index contributed by atoms with van der Waals surface area (Å²) in [6.07, 6.45) is -1.55. The van der Waals surface area contributed by atoms with Crippen LogP contribution in [0.15, 0.2) is 24.3 Å². The number of halogens is 2. The Labute approximate surface area is 132 Å². The molecule has 1 atom stereocenters. The third-order valence-electron chi connectivity index (χ3n) is 3.46. The van der Waals surface area contributed by atoms with Crippen molar-refractivity contribution in [2.75, 3.05) is 24.3 Å². The van der Waals surface area contributed by atoms with Crippen LogP contribution in [0, 0.1) is 0 Å². The zero-order valence-corrected chi connectivity index (χ0v) is 13.7. The van der Waals surface area contributed by atoms with Crippen molar-refractivity contribution in [2.24, 2.45) is 0 Å². The molecule has 1 saturated heterocycles. The number of rotatable bonds is 4. The highest BCUT2D eigenvalue weighted by Gasteiger charge is 2.33. The lowest BCUT2D eigenvalue weighted by molar-refractivity contribution is -0.130. The predicted molar refractivity (Wildman–Crippen MR) is 82.8 cm³/mol. The average Bonchev–Trinajstić information content (AvgIpc) is 2.46. The van der Waals surface area contributed by atoms with Gasteiger partial charge < -0.3 is 4.90 Å². The van der Waals surface area contributed by atoms with Crippen LogP contribution in [-0.4, -0.2) is 48.9 Å². The van der Waals surface area contributed by atoms with Gasteiger partial charge in [-0.15, -0.1) is 0 Å². The quantitative estimate of drug-likeness (QED) is 0.835. The third kappa shape index (κ3) is 4.19. The average molecular weight is 349 g/mol. The first-order valence-corrected chi connectivity index (χ1v) is 9.83. The Morgan fingerprint density at radius 2 is 2.18 bits per heavy atom. The second-order valence-electron chi connectivity index (χ2n) is 5.17. The number of benzene rings is 1. The van der Waals surface area contributed by atoms with Crippen molar-refractivity contribution in [3.8, 4) is 0 Å². The Bertz CT molecular complexity index is 649. The molecule has 0 N–H and O–H groups in total. The van der Waals surface area contributed by atoms with E-state index in [0.29, 0.717) is 23.6 Å². The molecule has 0 aromatic heterocycles. The van der Waals surface area contributed by atoms with Gasteiger partial charge in [0.1, 0.15) is 5.37 Å². The van der Waals surface area contributed by atoms with Gasteiger partial charge in [-0.2, -0.15) is 11.8 Å². The van der Waals surface area contributed by atoms with Gasteiger partial charge in [-0.1, -0.05) is 18.2 Å². The molecule has 0 saturated carbocycles. The highest BCUT2D eigenvalue weighted by atomic mass is 32.2. The fourth-order valence-corrected chi connectivity index (χ4v) is 5.17. The van der Waals surface area contributed by atoms with Crippen LogP contribution in [0.3, 0.4) is 0 Å². The largest absolute Gasteiger partial charge is 0.324 e. The maximum Gasteiger partial charge on any atom is 0.263 e. The van der Waals surface area contributed by atoms with E-state index in [2.05, 4.69) is 0 Å². The minimum absolute atomic E-state index is 0.0722. The molecule has 122 valence electrons. The summed E-state index contributed by atoms with van der Waals surface area (Å²) in [6.45, 7) is 0.357. The molecule has 2 rings (SSSR count). The van der Waals surface area contributed by atoms with Gasteiger partial charge in [0.25, 0.3) is 6.43 Å². The summed E-state index contributed by atoms with van der Waals surface area (Å²) in [7, 11) is -3.37. The van der Waals surface area contributed by atoms with Gasteiger partial charge in [0.2, 0.25) is 5.91 Å². The third-order valence-corrected chi connectivity index (χ3v) is 6.10. The lowest BCUT2D eigenvalue weighted by Crippen LogP contribution is -2.50. The molecule has 0 spiro atoms. The number of amides is 1. The molecule has 1 amide bonds. The van der Waals surface area contributed by atoms with Gasteiger partial charge in [-0.05, 0) is 11.6 Å². The smallest absolute Gasteiger partial charge is 0.263 e. The van der Waals surface area contributed by atoms with Gasteiger partial charge in [-0.3, -0.25) is 4.79 Å². The highest BCUT2D eigenvalue weighted by Crippen LogP contribution is 2.23. The first-order chi connectivity index (χ1) is 10.3. The lowest BCUT2D eigenvalue weighted by Gasteiger charge is -2.34. The molecule has 0 radical (unpaired) electrons. The summed E-state index contributed by atoms with van der Waals surface area (Å²) >= 11 is 1.49. The number of thioether (sulfide) groups is 1. The van der Waals surface area contributed by atoms with E-state index in [1.54, 1.807) is 6.07 Å². The molecule has 1 aliphatic rings. The van der Waals surface area contributed by atoms with E-state index in [9.17, 15) is 22.0 Å². The summed E-state index contributed by atoms with van der Waals surface area (Å²) in [5.41, 5.74) is 0.326. The first kappa shape index (κ1) is 17.2. The standard InChI is InChI=1S/C14H17F2NO3S2/c1-22(19,20)13-9-21-6-5-17(13)12(18)8-10-3-2-4-11(7-10)14(15)16/h2-4,7,13-14H,5-6,8-9H2,1H3/t13-/m0/s1. The van der Waals surface area contributed by atoms with Gasteiger partial charge in [0.15, 0.2) is 9.84 Å². The summed E-state index contributed by atoms with van der Waals surface area (Å²) in [4.78, 5) is 13.7. The van der Waals surface area contributed by atoms with E-state index in [0.717, 1.165) is 6.26 Å². The van der Waals surface area contributed by atoms with E-state index in [1.165, 1.54) is 34.9 Å². The van der Waals surface area contributed by atoms with Crippen molar-refractivity contribution in [1.29, 1.82) is 0 Å². The Morgan fingerprint density at radius 1 is 1.45 bits per heavy atom. The van der Waals surface area contributed by atoms with E-state index in [-0.39, 0.29) is 17.9 Å². The molecule has 1 aromatic carbocycles. The fraction of sp³-hybridized carbons (Fsp3) is 0.500. The van der Waals surface area contributed by atoms with Crippen molar-refractivity contribution >= 4 is 27.5 Å². The topological polar surface area (TPSA) is 54.5 Å². The molecule has 0 unspecified atom stereocenters. The van der Waals surface area contributed by atoms with E-state index in [1.807, 2.05) is 0 Å². The number of sulfone groups is 1. The molecule has 8 heteroatoms. The number of carbonyl (C=O) groups is 1. The number of nitrogens with zero attached hydrogens (tertiary/aromatic N) is 1. The maximum absolute atomic E-state index is 12.7. The molecule has 0 aliphatic carbocycles. The fourth-order valence-electron chi connectivity index (χ4n) is 2.34. The molecule has 1 aliphatic heterocycles. The zero-order chi connectivity index (χ0) is 16.3. The van der Waals surface area contributed by atoms with Crippen LogP contribution in [0.1, 0.15) is 17.6 Å². The summed E-state index contributed by atoms with van der Waals surface area (Å²) in [5.74, 6) is 0.679. The number of hydrogen-bond acceptors (Lipinski definition) is 4. The van der Waals surface area contributed by atoms with E-state index < -0.39 is 21.6 Å². The predicted octanol–water partition coefficient (Wildman–Crippen LogP) is 2.11. The number of alkyl halides is 2. The van der Waals surface area contributed by atoms with Crippen molar-refractivity contribution < 1.29 is 22.0 Å². The molecule has 0 bridgehead atoms. The summed E-state index contributed by atoms with van der Waals surface area (Å²) < 4.78 is 48.9. The SMILES string of the molecule is CS(=O)(=O)[C@H]1CSCCN1C(=O)Cc1cccc(C(F)F)c1. The Morgan fingerprint density at radius 3 is 2.82 bits per heavy atom. The van der Waals surface area contributed by atoms with Crippen LogP contribution in [0.4, 0.5) is 8.78 Å². The lowest BCUT2D eigenvalue weighted by atomic mass is 10.1. The molecule has 22 heavy (non-hydrogen) atoms. The van der Waals surface area contributed by atoms with Crippen LogP contribution < -0.4 is 0 Å². The van der Waals surface area contributed by atoms with E-state index in [4.69, 9.17) is 0 Å². The minimum atomic E-state index is -3.37. The van der Waals surface area contributed by atoms with Crippen LogP contribution in [0.25, 0.3) is 0 Å². The highest BCUT2D eigenvalue weighted by molar-refractivity contribution is 8.00. The van der Waals surface area contributed by atoms with E-state index >= 15 is 0 Å². The summed E-state index contributed by atoms with van der Waals surface area (Å²) in [6, 6.07) is 5.66. The zero-order valence-electron chi connectivity index (χ0n) is 12.0. The number of carbonyl (C=O) groups excluding carboxylic acids is 1. The van der Waals surface area contributed by atoms with Crippen molar-refractivity contribution in [2.45, 2.75) is 18.2 Å². The Balaban J connectivity index is 2.15. The van der Waals surface area contributed by atoms with Crippen molar-refractivity contribution in [3.05, 3.63) is 35.4 Å². The van der Waals surface area contributed by atoms with Gasteiger partial charge in [-0.25, -0.2) is 17.2 Å². The number of hydrogen-bond donors (Lipinski definition) is 0. The summed E-state index contributed by atoms with van der Waals surface area (Å²) in [5, 5.41) is -0.836. The van der Waals surface area contributed by atoms with Crippen LogP contribution in [-0.2, 0) is 21.1 Å².